The molecule has 0 aromatic heterocycles. The molecule has 0 fully saturated rings. The first-order chi connectivity index (χ1) is 7.65. The first-order valence-corrected chi connectivity index (χ1v) is 6.62. The summed E-state index contributed by atoms with van der Waals surface area (Å²) in [7, 11) is 0. The third-order valence-electron chi connectivity index (χ3n) is 2.49. The van der Waals surface area contributed by atoms with Crippen LogP contribution >= 0.6 is 15.9 Å². The molecule has 16 heavy (non-hydrogen) atoms. The Labute approximate surface area is 106 Å². The average molecular weight is 286 g/mol. The van der Waals surface area contributed by atoms with Gasteiger partial charge in [-0.05, 0) is 47.0 Å². The van der Waals surface area contributed by atoms with Gasteiger partial charge in [-0.25, -0.2) is 0 Å². The maximum absolute atomic E-state index is 5.81. The van der Waals surface area contributed by atoms with Crippen LogP contribution in [0.4, 0.5) is 0 Å². The second-order valence-electron chi connectivity index (χ2n) is 4.03. The third kappa shape index (κ3) is 4.14. The Balaban J connectivity index is 2.54. The molecule has 1 atom stereocenters. The van der Waals surface area contributed by atoms with E-state index in [1.165, 1.54) is 12.8 Å². The number of hydrogen-bond donors (Lipinski definition) is 1. The number of hydrogen-bond acceptors (Lipinski definition) is 2. The maximum Gasteiger partial charge on any atom is 0.133 e. The first kappa shape index (κ1) is 13.5. The van der Waals surface area contributed by atoms with E-state index in [1.807, 2.05) is 25.1 Å². The van der Waals surface area contributed by atoms with Crippen LogP contribution in [0.15, 0.2) is 22.7 Å². The average Bonchev–Trinajstić information content (AvgIpc) is 2.26. The summed E-state index contributed by atoms with van der Waals surface area (Å²) in [5.74, 6) is 0.903. The molecule has 0 aliphatic rings. The van der Waals surface area contributed by atoms with Crippen molar-refractivity contribution in [3.8, 4) is 5.75 Å². The van der Waals surface area contributed by atoms with Gasteiger partial charge in [0.05, 0.1) is 11.1 Å². The molecule has 0 radical (unpaired) electrons. The fourth-order valence-electron chi connectivity index (χ4n) is 1.45. The standard InChI is InChI=1S/C13H20BrNO/c1-3-4-5-8-16-13-7-6-11(10(2)15)9-12(13)14/h6-7,9-10H,3-5,8,15H2,1-2H3/t10-/m0/s1. The van der Waals surface area contributed by atoms with E-state index in [1.54, 1.807) is 0 Å². The van der Waals surface area contributed by atoms with Crippen LogP contribution in [0.3, 0.4) is 0 Å². The van der Waals surface area contributed by atoms with Gasteiger partial charge in [-0.3, -0.25) is 0 Å². The zero-order chi connectivity index (χ0) is 12.0. The minimum absolute atomic E-state index is 0.0606. The summed E-state index contributed by atoms with van der Waals surface area (Å²) in [6.45, 7) is 4.95. The summed E-state index contributed by atoms with van der Waals surface area (Å²) in [4.78, 5) is 0. The summed E-state index contributed by atoms with van der Waals surface area (Å²) in [5, 5.41) is 0. The topological polar surface area (TPSA) is 35.2 Å². The zero-order valence-corrected chi connectivity index (χ0v) is 11.6. The second-order valence-corrected chi connectivity index (χ2v) is 4.89. The van der Waals surface area contributed by atoms with E-state index in [9.17, 15) is 0 Å². The van der Waals surface area contributed by atoms with Gasteiger partial charge in [-0.1, -0.05) is 25.8 Å². The van der Waals surface area contributed by atoms with Crippen molar-refractivity contribution in [2.45, 2.75) is 39.2 Å². The van der Waals surface area contributed by atoms with Crippen LogP contribution < -0.4 is 10.5 Å². The van der Waals surface area contributed by atoms with Gasteiger partial charge in [0.15, 0.2) is 0 Å². The van der Waals surface area contributed by atoms with E-state index >= 15 is 0 Å². The highest BCUT2D eigenvalue weighted by atomic mass is 79.9. The fourth-order valence-corrected chi connectivity index (χ4v) is 1.96. The highest BCUT2D eigenvalue weighted by Crippen LogP contribution is 2.27. The largest absolute Gasteiger partial charge is 0.492 e. The summed E-state index contributed by atoms with van der Waals surface area (Å²) in [6.07, 6.45) is 3.54. The molecule has 0 heterocycles. The Morgan fingerprint density at radius 3 is 2.69 bits per heavy atom. The number of rotatable bonds is 6. The first-order valence-electron chi connectivity index (χ1n) is 5.83. The highest BCUT2D eigenvalue weighted by molar-refractivity contribution is 9.10. The van der Waals surface area contributed by atoms with Crippen molar-refractivity contribution >= 4 is 15.9 Å². The van der Waals surface area contributed by atoms with Gasteiger partial charge in [0.1, 0.15) is 5.75 Å². The number of benzene rings is 1. The molecule has 2 N–H and O–H groups in total. The van der Waals surface area contributed by atoms with Gasteiger partial charge in [-0.2, -0.15) is 0 Å². The van der Waals surface area contributed by atoms with Crippen LogP contribution in [0.25, 0.3) is 0 Å². The number of ether oxygens (including phenoxy) is 1. The Bertz CT molecular complexity index is 326. The molecule has 0 saturated carbocycles. The predicted octanol–water partition coefficient (Wildman–Crippen LogP) is 4.04. The minimum Gasteiger partial charge on any atom is -0.492 e. The van der Waals surface area contributed by atoms with E-state index in [2.05, 4.69) is 22.9 Å². The molecule has 3 heteroatoms. The predicted molar refractivity (Wildman–Crippen MR) is 71.8 cm³/mol. The molecule has 1 aromatic rings. The smallest absolute Gasteiger partial charge is 0.133 e. The zero-order valence-electron chi connectivity index (χ0n) is 10.0. The summed E-state index contributed by atoms with van der Waals surface area (Å²) in [6, 6.07) is 6.09. The molecular formula is C13H20BrNO. The van der Waals surface area contributed by atoms with Crippen LogP contribution in [0.5, 0.6) is 5.75 Å². The lowest BCUT2D eigenvalue weighted by Crippen LogP contribution is -2.05. The van der Waals surface area contributed by atoms with Crippen molar-refractivity contribution in [1.29, 1.82) is 0 Å². The van der Waals surface area contributed by atoms with Crippen molar-refractivity contribution in [2.75, 3.05) is 6.61 Å². The van der Waals surface area contributed by atoms with Crippen LogP contribution in [0, 0.1) is 0 Å². The van der Waals surface area contributed by atoms with E-state index in [4.69, 9.17) is 10.5 Å². The van der Waals surface area contributed by atoms with Crippen molar-refractivity contribution in [1.82, 2.24) is 0 Å². The molecule has 0 unspecified atom stereocenters. The molecule has 2 nitrogen and oxygen atoms in total. The van der Waals surface area contributed by atoms with E-state index in [0.717, 1.165) is 28.8 Å². The fraction of sp³-hybridized carbons (Fsp3) is 0.538. The number of nitrogens with two attached hydrogens (primary N) is 1. The molecule has 0 amide bonds. The van der Waals surface area contributed by atoms with Crippen LogP contribution in [-0.2, 0) is 0 Å². The van der Waals surface area contributed by atoms with E-state index in [0.29, 0.717) is 0 Å². The molecule has 0 aliphatic heterocycles. The normalized spacial score (nSPS) is 12.5. The van der Waals surface area contributed by atoms with Crippen molar-refractivity contribution in [2.24, 2.45) is 5.73 Å². The number of unbranched alkanes of at least 4 members (excludes halogenated alkanes) is 2. The summed E-state index contributed by atoms with van der Waals surface area (Å²) < 4.78 is 6.67. The number of halogens is 1. The van der Waals surface area contributed by atoms with Gasteiger partial charge in [0.2, 0.25) is 0 Å². The Kier molecular flexibility index (Phi) is 5.85. The van der Waals surface area contributed by atoms with Crippen molar-refractivity contribution < 1.29 is 4.74 Å². The minimum atomic E-state index is 0.0606. The van der Waals surface area contributed by atoms with Gasteiger partial charge < -0.3 is 10.5 Å². The Morgan fingerprint density at radius 1 is 1.38 bits per heavy atom. The lowest BCUT2D eigenvalue weighted by molar-refractivity contribution is 0.304. The second kappa shape index (κ2) is 6.92. The molecule has 0 spiro atoms. The molecular weight excluding hydrogens is 266 g/mol. The molecule has 1 aromatic carbocycles. The SMILES string of the molecule is CCCCCOc1ccc([C@H](C)N)cc1Br. The van der Waals surface area contributed by atoms with E-state index < -0.39 is 0 Å². The molecule has 0 saturated heterocycles. The molecule has 90 valence electrons. The monoisotopic (exact) mass is 285 g/mol. The molecule has 0 aliphatic carbocycles. The third-order valence-corrected chi connectivity index (χ3v) is 3.11. The Hall–Kier alpha value is -0.540. The van der Waals surface area contributed by atoms with Gasteiger partial charge in [-0.15, -0.1) is 0 Å². The Morgan fingerprint density at radius 2 is 2.12 bits per heavy atom. The van der Waals surface area contributed by atoms with Gasteiger partial charge in [0, 0.05) is 6.04 Å². The molecule has 0 bridgehead atoms. The van der Waals surface area contributed by atoms with Crippen LogP contribution in [0.1, 0.15) is 44.7 Å². The lowest BCUT2D eigenvalue weighted by Gasteiger charge is -2.11. The highest BCUT2D eigenvalue weighted by Gasteiger charge is 2.05. The van der Waals surface area contributed by atoms with Crippen molar-refractivity contribution in [3.05, 3.63) is 28.2 Å². The molecule has 1 rings (SSSR count). The van der Waals surface area contributed by atoms with E-state index in [-0.39, 0.29) is 6.04 Å². The maximum atomic E-state index is 5.81. The summed E-state index contributed by atoms with van der Waals surface area (Å²) >= 11 is 3.50. The van der Waals surface area contributed by atoms with Gasteiger partial charge >= 0.3 is 0 Å². The van der Waals surface area contributed by atoms with Crippen LogP contribution in [-0.4, -0.2) is 6.61 Å². The quantitative estimate of drug-likeness (QED) is 0.801. The lowest BCUT2D eigenvalue weighted by atomic mass is 10.1. The van der Waals surface area contributed by atoms with Gasteiger partial charge in [0.25, 0.3) is 0 Å². The van der Waals surface area contributed by atoms with Crippen LogP contribution in [0.2, 0.25) is 0 Å². The van der Waals surface area contributed by atoms with Crippen molar-refractivity contribution in [3.63, 3.8) is 0 Å². The summed E-state index contributed by atoms with van der Waals surface area (Å²) in [5.41, 5.74) is 6.93.